The van der Waals surface area contributed by atoms with Crippen molar-refractivity contribution < 1.29 is 14.3 Å². The van der Waals surface area contributed by atoms with Crippen molar-refractivity contribution in [1.29, 1.82) is 0 Å². The SMILES string of the molecule is CCC(=O)c1cnc(Nc2cc(C(N)=O)ccn2)cc1Nc1cccc(-c2ncn(C)n2)c1OC. The number of anilines is 4. The van der Waals surface area contributed by atoms with Crippen molar-refractivity contribution in [3.63, 3.8) is 0 Å². The number of nitrogens with zero attached hydrogens (tertiary/aromatic N) is 5. The number of ketones is 1. The number of rotatable bonds is 9. The zero-order valence-electron chi connectivity index (χ0n) is 19.4. The zero-order chi connectivity index (χ0) is 24.9. The predicted molar refractivity (Wildman–Crippen MR) is 131 cm³/mol. The number of hydrogen-bond donors (Lipinski definition) is 3. The standard InChI is InChI=1S/C24H24N8O3/c1-4-19(33)16-12-27-21(30-20-10-14(23(25)34)8-9-26-20)11-18(16)29-17-7-5-6-15(22(17)35-3)24-28-13-32(2)31-24/h5-13H,4H2,1-3H3,(H2,25,34)(H2,26,27,29,30). The van der Waals surface area contributed by atoms with Gasteiger partial charge in [0.1, 0.15) is 18.0 Å². The largest absolute Gasteiger partial charge is 0.494 e. The average Bonchev–Trinajstić information content (AvgIpc) is 3.30. The first kappa shape index (κ1) is 23.4. The number of carbonyl (C=O) groups is 2. The highest BCUT2D eigenvalue weighted by atomic mass is 16.5. The number of para-hydroxylation sites is 1. The summed E-state index contributed by atoms with van der Waals surface area (Å²) in [5.74, 6) is 1.18. The fourth-order valence-corrected chi connectivity index (χ4v) is 3.46. The fraction of sp³-hybridized carbons (Fsp3) is 0.167. The smallest absolute Gasteiger partial charge is 0.248 e. The van der Waals surface area contributed by atoms with Crippen molar-refractivity contribution >= 4 is 34.7 Å². The van der Waals surface area contributed by atoms with Crippen LogP contribution in [0.25, 0.3) is 11.4 Å². The Kier molecular flexibility index (Phi) is 6.67. The van der Waals surface area contributed by atoms with Crippen LogP contribution in [0.2, 0.25) is 0 Å². The van der Waals surface area contributed by atoms with Crippen LogP contribution in [0.15, 0.2) is 55.1 Å². The molecule has 0 aliphatic heterocycles. The van der Waals surface area contributed by atoms with Crippen LogP contribution in [-0.2, 0) is 7.05 Å². The molecule has 4 N–H and O–H groups in total. The highest BCUT2D eigenvalue weighted by Crippen LogP contribution is 2.37. The monoisotopic (exact) mass is 472 g/mol. The van der Waals surface area contributed by atoms with Gasteiger partial charge in [0, 0.05) is 37.5 Å². The average molecular weight is 473 g/mol. The minimum atomic E-state index is -0.566. The van der Waals surface area contributed by atoms with E-state index in [1.54, 1.807) is 38.2 Å². The topological polar surface area (TPSA) is 150 Å². The Bertz CT molecular complexity index is 1400. The number of Topliss-reactive ketones (excluding diaryl/α,β-unsaturated/α-hetero) is 1. The van der Waals surface area contributed by atoms with E-state index in [1.807, 2.05) is 18.2 Å². The molecule has 35 heavy (non-hydrogen) atoms. The number of pyridine rings is 2. The third-order valence-corrected chi connectivity index (χ3v) is 5.16. The van der Waals surface area contributed by atoms with Gasteiger partial charge in [0.05, 0.1) is 29.6 Å². The second-order valence-electron chi connectivity index (χ2n) is 7.56. The number of nitrogens with one attached hydrogen (secondary N) is 2. The Hall–Kier alpha value is -4.80. The molecule has 0 saturated heterocycles. The van der Waals surface area contributed by atoms with Gasteiger partial charge in [-0.2, -0.15) is 5.10 Å². The lowest BCUT2D eigenvalue weighted by molar-refractivity contribution is 0.0984. The van der Waals surface area contributed by atoms with Crippen LogP contribution in [0.5, 0.6) is 5.75 Å². The molecule has 11 heteroatoms. The van der Waals surface area contributed by atoms with Gasteiger partial charge >= 0.3 is 0 Å². The summed E-state index contributed by atoms with van der Waals surface area (Å²) in [5.41, 5.74) is 7.92. The van der Waals surface area contributed by atoms with Crippen LogP contribution in [0, 0.1) is 0 Å². The molecule has 1 amide bonds. The van der Waals surface area contributed by atoms with E-state index in [9.17, 15) is 9.59 Å². The van der Waals surface area contributed by atoms with Crippen molar-refractivity contribution in [3.05, 3.63) is 66.2 Å². The third kappa shape index (κ3) is 5.08. The van der Waals surface area contributed by atoms with E-state index in [0.29, 0.717) is 57.7 Å². The lowest BCUT2D eigenvalue weighted by Crippen LogP contribution is -2.11. The van der Waals surface area contributed by atoms with E-state index in [1.165, 1.54) is 24.5 Å². The van der Waals surface area contributed by atoms with Crippen molar-refractivity contribution in [1.82, 2.24) is 24.7 Å². The molecule has 0 aliphatic rings. The molecule has 4 aromatic rings. The van der Waals surface area contributed by atoms with Gasteiger partial charge in [-0.3, -0.25) is 14.3 Å². The molecule has 0 aliphatic carbocycles. The van der Waals surface area contributed by atoms with Crippen LogP contribution in [0.4, 0.5) is 23.0 Å². The molecule has 1 aromatic carbocycles. The van der Waals surface area contributed by atoms with Crippen LogP contribution in [0.1, 0.15) is 34.1 Å². The number of aromatic nitrogens is 5. The van der Waals surface area contributed by atoms with Gasteiger partial charge in [0.15, 0.2) is 17.4 Å². The first-order chi connectivity index (χ1) is 16.9. The van der Waals surface area contributed by atoms with Crippen molar-refractivity contribution in [3.8, 4) is 17.1 Å². The Labute approximate surface area is 201 Å². The van der Waals surface area contributed by atoms with Gasteiger partial charge in [-0.05, 0) is 24.3 Å². The lowest BCUT2D eigenvalue weighted by Gasteiger charge is -2.17. The number of amides is 1. The van der Waals surface area contributed by atoms with Crippen LogP contribution in [-0.4, -0.2) is 43.5 Å². The van der Waals surface area contributed by atoms with E-state index in [2.05, 4.69) is 30.7 Å². The first-order valence-electron chi connectivity index (χ1n) is 10.8. The molecule has 4 rings (SSSR count). The zero-order valence-corrected chi connectivity index (χ0v) is 19.4. The summed E-state index contributed by atoms with van der Waals surface area (Å²) in [7, 11) is 3.34. The van der Waals surface area contributed by atoms with Gasteiger partial charge in [-0.15, -0.1) is 0 Å². The molecule has 3 aromatic heterocycles. The number of carbonyl (C=O) groups excluding carboxylic acids is 2. The molecule has 0 atom stereocenters. The van der Waals surface area contributed by atoms with Gasteiger partial charge in [-0.25, -0.2) is 15.0 Å². The summed E-state index contributed by atoms with van der Waals surface area (Å²) in [6.45, 7) is 1.78. The summed E-state index contributed by atoms with van der Waals surface area (Å²) < 4.78 is 7.28. The molecule has 0 unspecified atom stereocenters. The molecule has 0 radical (unpaired) electrons. The summed E-state index contributed by atoms with van der Waals surface area (Å²) >= 11 is 0. The Morgan fingerprint density at radius 3 is 2.54 bits per heavy atom. The molecule has 0 saturated carbocycles. The summed E-state index contributed by atoms with van der Waals surface area (Å²) in [6, 6.07) is 10.3. The highest BCUT2D eigenvalue weighted by Gasteiger charge is 2.18. The van der Waals surface area contributed by atoms with Crippen LogP contribution in [0.3, 0.4) is 0 Å². The predicted octanol–water partition coefficient (Wildman–Crippen LogP) is 3.46. The number of nitrogens with two attached hydrogens (primary N) is 1. The molecular weight excluding hydrogens is 448 g/mol. The molecule has 0 fully saturated rings. The van der Waals surface area contributed by atoms with Crippen molar-refractivity contribution in [2.45, 2.75) is 13.3 Å². The highest BCUT2D eigenvalue weighted by molar-refractivity contribution is 6.02. The normalized spacial score (nSPS) is 10.6. The molecule has 11 nitrogen and oxygen atoms in total. The quantitative estimate of drug-likeness (QED) is 0.311. The Morgan fingerprint density at radius 2 is 1.86 bits per heavy atom. The van der Waals surface area contributed by atoms with E-state index >= 15 is 0 Å². The Balaban J connectivity index is 1.72. The molecular formula is C24H24N8O3. The lowest BCUT2D eigenvalue weighted by atomic mass is 10.1. The van der Waals surface area contributed by atoms with Gasteiger partial charge in [0.2, 0.25) is 5.91 Å². The van der Waals surface area contributed by atoms with Gasteiger partial charge in [0.25, 0.3) is 0 Å². The number of aryl methyl sites for hydroxylation is 1. The summed E-state index contributed by atoms with van der Waals surface area (Å²) in [6.07, 6.45) is 4.87. The van der Waals surface area contributed by atoms with Gasteiger partial charge < -0.3 is 21.1 Å². The number of primary amides is 1. The number of benzene rings is 1. The second-order valence-corrected chi connectivity index (χ2v) is 7.56. The fourth-order valence-electron chi connectivity index (χ4n) is 3.46. The maximum Gasteiger partial charge on any atom is 0.248 e. The van der Waals surface area contributed by atoms with Crippen LogP contribution >= 0.6 is 0 Å². The third-order valence-electron chi connectivity index (χ3n) is 5.16. The number of ether oxygens (including phenoxy) is 1. The maximum absolute atomic E-state index is 12.6. The van der Waals surface area contributed by atoms with E-state index in [-0.39, 0.29) is 5.78 Å². The van der Waals surface area contributed by atoms with Crippen molar-refractivity contribution in [2.24, 2.45) is 12.8 Å². The van der Waals surface area contributed by atoms with E-state index < -0.39 is 5.91 Å². The summed E-state index contributed by atoms with van der Waals surface area (Å²) in [4.78, 5) is 37.0. The second kappa shape index (κ2) is 10.00. The molecule has 0 bridgehead atoms. The van der Waals surface area contributed by atoms with E-state index in [4.69, 9.17) is 10.5 Å². The Morgan fingerprint density at radius 1 is 1.06 bits per heavy atom. The molecule has 3 heterocycles. The van der Waals surface area contributed by atoms with Crippen molar-refractivity contribution in [2.75, 3.05) is 17.7 Å². The molecule has 178 valence electrons. The molecule has 0 spiro atoms. The maximum atomic E-state index is 12.6. The number of hydrogen-bond acceptors (Lipinski definition) is 9. The first-order valence-corrected chi connectivity index (χ1v) is 10.8. The van der Waals surface area contributed by atoms with Gasteiger partial charge in [-0.1, -0.05) is 13.0 Å². The minimum Gasteiger partial charge on any atom is -0.494 e. The van der Waals surface area contributed by atoms with E-state index in [0.717, 1.165) is 0 Å². The number of methoxy groups -OCH3 is 1. The van der Waals surface area contributed by atoms with Crippen LogP contribution < -0.4 is 21.1 Å². The summed E-state index contributed by atoms with van der Waals surface area (Å²) in [5, 5.41) is 10.7. The minimum absolute atomic E-state index is 0.0816.